The van der Waals surface area contributed by atoms with Gasteiger partial charge in [-0.3, -0.25) is 14.8 Å². The Balaban J connectivity index is 1.86. The van der Waals surface area contributed by atoms with Gasteiger partial charge in [-0.15, -0.1) is 0 Å². The Labute approximate surface area is 156 Å². The quantitative estimate of drug-likeness (QED) is 0.561. The van der Waals surface area contributed by atoms with Crippen LogP contribution >= 0.6 is 0 Å². The maximum atomic E-state index is 13.2. The van der Waals surface area contributed by atoms with E-state index in [9.17, 15) is 14.0 Å². The van der Waals surface area contributed by atoms with Crippen LogP contribution in [0, 0.1) is 11.2 Å². The van der Waals surface area contributed by atoms with Crippen molar-refractivity contribution < 1.29 is 19.2 Å². The molecule has 0 heterocycles. The molecule has 2 aromatic carbocycles. The molecule has 0 aromatic heterocycles. The third-order valence-corrected chi connectivity index (χ3v) is 4.76. The van der Waals surface area contributed by atoms with Gasteiger partial charge in [0.2, 0.25) is 5.91 Å². The standard InChI is InChI=1S/C21H19FN2O3/c22-18-9-3-14(4-10-18)12-21(20(23)26)11-1-2-17(13-21)15-5-7-16(8-6-15)19(25)24-27/h1-11,27H,12-13H2,(H2,23,26)(H,24,25). The zero-order valence-electron chi connectivity index (χ0n) is 14.5. The number of hydrogen-bond acceptors (Lipinski definition) is 3. The molecule has 0 radical (unpaired) electrons. The van der Waals surface area contributed by atoms with Crippen molar-refractivity contribution in [2.75, 3.05) is 0 Å². The number of rotatable bonds is 5. The van der Waals surface area contributed by atoms with Crippen LogP contribution in [0.15, 0.2) is 66.8 Å². The zero-order chi connectivity index (χ0) is 19.4. The van der Waals surface area contributed by atoms with E-state index in [2.05, 4.69) is 0 Å². The van der Waals surface area contributed by atoms with Gasteiger partial charge in [-0.1, -0.05) is 42.5 Å². The third-order valence-electron chi connectivity index (χ3n) is 4.76. The van der Waals surface area contributed by atoms with Crippen LogP contribution in [-0.4, -0.2) is 17.0 Å². The number of nitrogens with one attached hydrogen (secondary N) is 1. The minimum Gasteiger partial charge on any atom is -0.369 e. The van der Waals surface area contributed by atoms with E-state index in [1.54, 1.807) is 54.0 Å². The lowest BCUT2D eigenvalue weighted by Gasteiger charge is -2.31. The summed E-state index contributed by atoms with van der Waals surface area (Å²) in [6.07, 6.45) is 6.23. The summed E-state index contributed by atoms with van der Waals surface area (Å²) in [4.78, 5) is 23.7. The number of benzene rings is 2. The molecule has 0 saturated carbocycles. The average Bonchev–Trinajstić information content (AvgIpc) is 2.69. The summed E-state index contributed by atoms with van der Waals surface area (Å²) in [7, 11) is 0. The molecule has 138 valence electrons. The molecule has 3 rings (SSSR count). The normalized spacial score (nSPS) is 18.7. The van der Waals surface area contributed by atoms with Gasteiger partial charge in [-0.2, -0.15) is 0 Å². The van der Waals surface area contributed by atoms with Crippen molar-refractivity contribution in [2.24, 2.45) is 11.1 Å². The van der Waals surface area contributed by atoms with Gasteiger partial charge in [-0.05, 0) is 53.8 Å². The Bertz CT molecular complexity index is 917. The summed E-state index contributed by atoms with van der Waals surface area (Å²) in [5, 5.41) is 8.70. The highest BCUT2D eigenvalue weighted by molar-refractivity contribution is 5.94. The van der Waals surface area contributed by atoms with Gasteiger partial charge in [0.1, 0.15) is 5.82 Å². The second-order valence-electron chi connectivity index (χ2n) is 6.57. The van der Waals surface area contributed by atoms with Gasteiger partial charge in [0.05, 0.1) is 5.41 Å². The minimum absolute atomic E-state index is 0.320. The smallest absolute Gasteiger partial charge is 0.274 e. The Morgan fingerprint density at radius 2 is 1.78 bits per heavy atom. The molecule has 0 bridgehead atoms. The molecular formula is C21H19FN2O3. The van der Waals surface area contributed by atoms with Crippen LogP contribution in [0.3, 0.4) is 0 Å². The Morgan fingerprint density at radius 1 is 1.11 bits per heavy atom. The molecule has 6 heteroatoms. The fourth-order valence-corrected chi connectivity index (χ4v) is 3.25. The summed E-state index contributed by atoms with van der Waals surface area (Å²) in [6.45, 7) is 0. The summed E-state index contributed by atoms with van der Waals surface area (Å²) < 4.78 is 13.2. The lowest BCUT2D eigenvalue weighted by molar-refractivity contribution is -0.125. The number of carbonyl (C=O) groups is 2. The first-order chi connectivity index (χ1) is 12.9. The van der Waals surface area contributed by atoms with Crippen molar-refractivity contribution >= 4 is 17.4 Å². The number of allylic oxidation sites excluding steroid dienone is 3. The molecule has 1 aliphatic carbocycles. The molecular weight excluding hydrogens is 347 g/mol. The van der Waals surface area contributed by atoms with Crippen molar-refractivity contribution in [3.8, 4) is 0 Å². The lowest BCUT2D eigenvalue weighted by atomic mass is 9.72. The highest BCUT2D eigenvalue weighted by Gasteiger charge is 2.36. The second-order valence-corrected chi connectivity index (χ2v) is 6.57. The fraction of sp³-hybridized carbons (Fsp3) is 0.143. The second kappa shape index (κ2) is 7.55. The van der Waals surface area contributed by atoms with E-state index in [1.165, 1.54) is 12.1 Å². The van der Waals surface area contributed by atoms with Crippen LogP contribution in [0.5, 0.6) is 0 Å². The molecule has 0 aliphatic heterocycles. The first-order valence-corrected chi connectivity index (χ1v) is 8.41. The van der Waals surface area contributed by atoms with Gasteiger partial charge in [0.15, 0.2) is 0 Å². The number of primary amides is 1. The number of amides is 2. The highest BCUT2D eigenvalue weighted by atomic mass is 19.1. The van der Waals surface area contributed by atoms with Crippen LogP contribution in [0.4, 0.5) is 4.39 Å². The first-order valence-electron chi connectivity index (χ1n) is 8.41. The molecule has 0 spiro atoms. The maximum absolute atomic E-state index is 13.2. The molecule has 27 heavy (non-hydrogen) atoms. The Hall–Kier alpha value is -3.25. The SMILES string of the molecule is NC(=O)C1(Cc2ccc(F)cc2)C=CC=C(c2ccc(C(=O)NO)cc2)C1. The van der Waals surface area contributed by atoms with E-state index >= 15 is 0 Å². The first kappa shape index (κ1) is 18.5. The summed E-state index contributed by atoms with van der Waals surface area (Å²) >= 11 is 0. The van der Waals surface area contributed by atoms with E-state index in [4.69, 9.17) is 10.9 Å². The molecule has 1 unspecified atom stereocenters. The van der Waals surface area contributed by atoms with Crippen molar-refractivity contribution in [3.63, 3.8) is 0 Å². The van der Waals surface area contributed by atoms with Crippen molar-refractivity contribution in [1.82, 2.24) is 5.48 Å². The molecule has 1 atom stereocenters. The van der Waals surface area contributed by atoms with E-state index in [-0.39, 0.29) is 5.82 Å². The van der Waals surface area contributed by atoms with Crippen LogP contribution in [0.1, 0.15) is 27.9 Å². The van der Waals surface area contributed by atoms with Gasteiger partial charge in [0, 0.05) is 5.56 Å². The number of hydrogen-bond donors (Lipinski definition) is 3. The van der Waals surface area contributed by atoms with Crippen LogP contribution in [-0.2, 0) is 11.2 Å². The summed E-state index contributed by atoms with van der Waals surface area (Å²) in [5.74, 6) is -1.38. The molecule has 2 amide bonds. The molecule has 5 nitrogen and oxygen atoms in total. The highest BCUT2D eigenvalue weighted by Crippen LogP contribution is 2.39. The molecule has 1 aliphatic rings. The molecule has 0 saturated heterocycles. The number of nitrogens with two attached hydrogens (primary N) is 1. The van der Waals surface area contributed by atoms with Crippen LogP contribution in [0.2, 0.25) is 0 Å². The fourth-order valence-electron chi connectivity index (χ4n) is 3.25. The summed E-state index contributed by atoms with van der Waals surface area (Å²) in [5.41, 5.74) is 9.28. The van der Waals surface area contributed by atoms with E-state index in [0.29, 0.717) is 18.4 Å². The van der Waals surface area contributed by atoms with E-state index in [0.717, 1.165) is 16.7 Å². The van der Waals surface area contributed by atoms with Gasteiger partial charge >= 0.3 is 0 Å². The van der Waals surface area contributed by atoms with Gasteiger partial charge < -0.3 is 5.73 Å². The summed E-state index contributed by atoms with van der Waals surface area (Å²) in [6, 6.07) is 12.7. The molecule has 4 N–H and O–H groups in total. The maximum Gasteiger partial charge on any atom is 0.274 e. The zero-order valence-corrected chi connectivity index (χ0v) is 14.5. The number of hydroxylamine groups is 1. The lowest BCUT2D eigenvalue weighted by Crippen LogP contribution is -2.38. The van der Waals surface area contributed by atoms with E-state index in [1.807, 2.05) is 6.08 Å². The number of carbonyl (C=O) groups excluding carboxylic acids is 2. The van der Waals surface area contributed by atoms with Gasteiger partial charge in [-0.25, -0.2) is 9.87 Å². The van der Waals surface area contributed by atoms with Crippen molar-refractivity contribution in [3.05, 3.63) is 89.3 Å². The van der Waals surface area contributed by atoms with Crippen LogP contribution < -0.4 is 11.2 Å². The minimum atomic E-state index is -0.914. The van der Waals surface area contributed by atoms with Crippen LogP contribution in [0.25, 0.3) is 5.57 Å². The predicted octanol–water partition coefficient (Wildman–Crippen LogP) is 3.00. The third kappa shape index (κ3) is 3.96. The van der Waals surface area contributed by atoms with Crippen molar-refractivity contribution in [1.29, 1.82) is 0 Å². The Morgan fingerprint density at radius 3 is 2.37 bits per heavy atom. The van der Waals surface area contributed by atoms with Crippen molar-refractivity contribution in [2.45, 2.75) is 12.8 Å². The molecule has 2 aromatic rings. The molecule has 0 fully saturated rings. The monoisotopic (exact) mass is 366 g/mol. The largest absolute Gasteiger partial charge is 0.369 e. The van der Waals surface area contributed by atoms with Gasteiger partial charge in [0.25, 0.3) is 5.91 Å². The Kier molecular flexibility index (Phi) is 5.19. The number of halogens is 1. The topological polar surface area (TPSA) is 92.4 Å². The average molecular weight is 366 g/mol. The predicted molar refractivity (Wildman–Crippen MR) is 99.2 cm³/mol. The van der Waals surface area contributed by atoms with E-state index < -0.39 is 17.2 Å².